The van der Waals surface area contributed by atoms with Gasteiger partial charge in [0.15, 0.2) is 0 Å². The number of halogens is 1. The van der Waals surface area contributed by atoms with Gasteiger partial charge in [0.25, 0.3) is 0 Å². The van der Waals surface area contributed by atoms with E-state index in [-0.39, 0.29) is 5.56 Å². The Hall–Kier alpha value is -1.91. The molecule has 0 fully saturated rings. The summed E-state index contributed by atoms with van der Waals surface area (Å²) in [6, 6.07) is 8.40. The molecule has 1 rings (SSSR count). The summed E-state index contributed by atoms with van der Waals surface area (Å²) in [5.74, 6) is -0.501. The molecule has 0 bridgehead atoms. The zero-order chi connectivity index (χ0) is 12.7. The molecule has 1 aromatic carbocycles. The topological polar surface area (TPSA) is 50.8 Å². The highest BCUT2D eigenvalue weighted by Gasteiger charge is 2.07. The molecule has 4 heteroatoms. The third-order valence-corrected chi connectivity index (χ3v) is 2.39. The largest absolute Gasteiger partial charge is 0.286 e. The Morgan fingerprint density at radius 2 is 2.12 bits per heavy atom. The van der Waals surface area contributed by atoms with Crippen molar-refractivity contribution in [1.29, 1.82) is 10.5 Å². The fourth-order valence-electron chi connectivity index (χ4n) is 1.64. The van der Waals surface area contributed by atoms with Crippen LogP contribution in [0.25, 0.3) is 0 Å². The van der Waals surface area contributed by atoms with Gasteiger partial charge in [-0.25, -0.2) is 4.39 Å². The average Bonchev–Trinajstić information content (AvgIpc) is 2.32. The molecule has 0 aliphatic heterocycles. The third-order valence-electron chi connectivity index (χ3n) is 2.39. The molecule has 0 N–H and O–H groups in total. The summed E-state index contributed by atoms with van der Waals surface area (Å²) in [6.45, 7) is 3.76. The van der Waals surface area contributed by atoms with Gasteiger partial charge in [0.2, 0.25) is 0 Å². The first-order chi connectivity index (χ1) is 8.21. The highest BCUT2D eigenvalue weighted by Crippen LogP contribution is 2.11. The fraction of sp³-hybridized carbons (Fsp3) is 0.385. The van der Waals surface area contributed by atoms with Gasteiger partial charge in [0.1, 0.15) is 11.9 Å². The van der Waals surface area contributed by atoms with E-state index < -0.39 is 5.82 Å². The van der Waals surface area contributed by atoms with Crippen LogP contribution in [0.2, 0.25) is 0 Å². The van der Waals surface area contributed by atoms with Gasteiger partial charge in [-0.1, -0.05) is 13.0 Å². The lowest BCUT2D eigenvalue weighted by atomic mass is 10.1. The number of hydrogen-bond donors (Lipinski definition) is 0. The molecule has 0 unspecified atom stereocenters. The molecule has 0 heterocycles. The summed E-state index contributed by atoms with van der Waals surface area (Å²) in [5, 5.41) is 17.4. The van der Waals surface area contributed by atoms with Crippen molar-refractivity contribution in [3.05, 3.63) is 35.1 Å². The molecule has 0 saturated carbocycles. The van der Waals surface area contributed by atoms with Crippen molar-refractivity contribution in [3.8, 4) is 12.1 Å². The SMILES string of the molecule is CCCN(CC#N)Cc1ccc(F)c(C#N)c1. The van der Waals surface area contributed by atoms with E-state index in [1.165, 1.54) is 12.1 Å². The smallest absolute Gasteiger partial charge is 0.140 e. The normalized spacial score (nSPS) is 9.94. The van der Waals surface area contributed by atoms with Crippen LogP contribution in [0.1, 0.15) is 24.5 Å². The van der Waals surface area contributed by atoms with Crippen molar-refractivity contribution >= 4 is 0 Å². The van der Waals surface area contributed by atoms with E-state index in [4.69, 9.17) is 10.5 Å². The second-order valence-corrected chi connectivity index (χ2v) is 3.79. The molecule has 0 aliphatic rings. The van der Waals surface area contributed by atoms with Crippen molar-refractivity contribution in [3.63, 3.8) is 0 Å². The fourth-order valence-corrected chi connectivity index (χ4v) is 1.64. The number of nitriles is 2. The Kier molecular flexibility index (Phi) is 5.13. The number of benzene rings is 1. The zero-order valence-corrected chi connectivity index (χ0v) is 9.78. The second-order valence-electron chi connectivity index (χ2n) is 3.79. The van der Waals surface area contributed by atoms with E-state index in [2.05, 4.69) is 6.07 Å². The van der Waals surface area contributed by atoms with Crippen LogP contribution >= 0.6 is 0 Å². The Balaban J connectivity index is 2.80. The monoisotopic (exact) mass is 231 g/mol. The molecule has 3 nitrogen and oxygen atoms in total. The summed E-state index contributed by atoms with van der Waals surface area (Å²) in [7, 11) is 0. The van der Waals surface area contributed by atoms with Crippen LogP contribution in [0.3, 0.4) is 0 Å². The van der Waals surface area contributed by atoms with Crippen LogP contribution in [0.5, 0.6) is 0 Å². The van der Waals surface area contributed by atoms with E-state index >= 15 is 0 Å². The minimum absolute atomic E-state index is 0.0518. The Bertz CT molecular complexity index is 457. The molecule has 1 aromatic rings. The van der Waals surface area contributed by atoms with E-state index in [0.29, 0.717) is 13.1 Å². The zero-order valence-electron chi connectivity index (χ0n) is 9.78. The second kappa shape index (κ2) is 6.62. The summed E-state index contributed by atoms with van der Waals surface area (Å²) in [4.78, 5) is 1.97. The van der Waals surface area contributed by atoms with Crippen molar-refractivity contribution < 1.29 is 4.39 Å². The van der Waals surface area contributed by atoms with E-state index in [1.54, 1.807) is 6.07 Å². The molecule has 88 valence electrons. The van der Waals surface area contributed by atoms with Gasteiger partial charge in [0, 0.05) is 6.54 Å². The Morgan fingerprint density at radius 1 is 1.35 bits per heavy atom. The van der Waals surface area contributed by atoms with Crippen molar-refractivity contribution in [2.45, 2.75) is 19.9 Å². The highest BCUT2D eigenvalue weighted by atomic mass is 19.1. The van der Waals surface area contributed by atoms with E-state index in [0.717, 1.165) is 18.5 Å². The first-order valence-electron chi connectivity index (χ1n) is 5.49. The van der Waals surface area contributed by atoms with Crippen LogP contribution in [-0.2, 0) is 6.54 Å². The first kappa shape index (κ1) is 13.2. The lowest BCUT2D eigenvalue weighted by Gasteiger charge is -2.18. The minimum Gasteiger partial charge on any atom is -0.286 e. The van der Waals surface area contributed by atoms with Gasteiger partial charge in [-0.3, -0.25) is 4.90 Å². The maximum Gasteiger partial charge on any atom is 0.140 e. The highest BCUT2D eigenvalue weighted by molar-refractivity contribution is 5.34. The van der Waals surface area contributed by atoms with Gasteiger partial charge in [0.05, 0.1) is 18.2 Å². The summed E-state index contributed by atoms with van der Waals surface area (Å²) >= 11 is 0. The van der Waals surface area contributed by atoms with Crippen LogP contribution in [-0.4, -0.2) is 18.0 Å². The molecule has 0 aliphatic carbocycles. The van der Waals surface area contributed by atoms with Gasteiger partial charge < -0.3 is 0 Å². The van der Waals surface area contributed by atoms with Gasteiger partial charge in [-0.2, -0.15) is 10.5 Å². The lowest BCUT2D eigenvalue weighted by molar-refractivity contribution is 0.298. The van der Waals surface area contributed by atoms with E-state index in [1.807, 2.05) is 17.9 Å². The van der Waals surface area contributed by atoms with Gasteiger partial charge >= 0.3 is 0 Å². The molecule has 0 spiro atoms. The molecule has 0 aromatic heterocycles. The Morgan fingerprint density at radius 3 is 2.71 bits per heavy atom. The van der Waals surface area contributed by atoms with Crippen LogP contribution in [0.4, 0.5) is 4.39 Å². The third kappa shape index (κ3) is 3.86. The van der Waals surface area contributed by atoms with Gasteiger partial charge in [-0.15, -0.1) is 0 Å². The minimum atomic E-state index is -0.501. The molecule has 0 radical (unpaired) electrons. The average molecular weight is 231 g/mol. The van der Waals surface area contributed by atoms with Crippen LogP contribution < -0.4 is 0 Å². The summed E-state index contributed by atoms with van der Waals surface area (Å²) in [6.07, 6.45) is 0.952. The molecule has 17 heavy (non-hydrogen) atoms. The maximum absolute atomic E-state index is 13.1. The predicted molar refractivity (Wildman–Crippen MR) is 62.3 cm³/mol. The first-order valence-corrected chi connectivity index (χ1v) is 5.49. The van der Waals surface area contributed by atoms with Gasteiger partial charge in [-0.05, 0) is 30.7 Å². The predicted octanol–water partition coefficient (Wildman–Crippen LogP) is 2.43. The lowest BCUT2D eigenvalue weighted by Crippen LogP contribution is -2.24. The molecule has 0 saturated heterocycles. The van der Waals surface area contributed by atoms with Crippen LogP contribution in [0, 0.1) is 28.5 Å². The molecule has 0 amide bonds. The van der Waals surface area contributed by atoms with Crippen molar-refractivity contribution in [2.75, 3.05) is 13.1 Å². The van der Waals surface area contributed by atoms with Crippen molar-refractivity contribution in [2.24, 2.45) is 0 Å². The Labute approximate surface area is 101 Å². The maximum atomic E-state index is 13.1. The standard InChI is InChI=1S/C13H14FN3/c1-2-6-17(7-5-15)10-11-3-4-13(14)12(8-11)9-16/h3-4,8H,2,6-7,10H2,1H3. The molecular weight excluding hydrogens is 217 g/mol. The molecular formula is C13H14FN3. The van der Waals surface area contributed by atoms with E-state index in [9.17, 15) is 4.39 Å². The summed E-state index contributed by atoms with van der Waals surface area (Å²) in [5.41, 5.74) is 0.905. The molecule has 0 atom stereocenters. The number of rotatable bonds is 5. The number of hydrogen-bond acceptors (Lipinski definition) is 3. The van der Waals surface area contributed by atoms with Crippen LogP contribution in [0.15, 0.2) is 18.2 Å². The number of nitrogens with zero attached hydrogens (tertiary/aromatic N) is 3. The summed E-state index contributed by atoms with van der Waals surface area (Å²) < 4.78 is 13.1. The quantitative estimate of drug-likeness (QED) is 0.731. The van der Waals surface area contributed by atoms with Crippen molar-refractivity contribution in [1.82, 2.24) is 4.90 Å².